The molecule has 0 radical (unpaired) electrons. The molecule has 0 aliphatic rings. The lowest BCUT2D eigenvalue weighted by atomic mass is 9.95. The predicted molar refractivity (Wildman–Crippen MR) is 91.9 cm³/mol. The maximum atomic E-state index is 12.4. The van der Waals surface area contributed by atoms with Crippen LogP contribution in [-0.2, 0) is 19.9 Å². The largest absolute Gasteiger partial charge is 0.477 e. The van der Waals surface area contributed by atoms with E-state index in [-0.39, 0.29) is 6.54 Å². The summed E-state index contributed by atoms with van der Waals surface area (Å²) in [7, 11) is 1.24. The monoisotopic (exact) mass is 343 g/mol. The Bertz CT molecular complexity index is 700. The third-order valence-electron chi connectivity index (χ3n) is 3.71. The van der Waals surface area contributed by atoms with Crippen molar-refractivity contribution in [3.8, 4) is 5.75 Å². The van der Waals surface area contributed by atoms with E-state index >= 15 is 0 Å². The first-order chi connectivity index (χ1) is 11.9. The molecule has 0 spiro atoms. The number of ether oxygens (including phenoxy) is 2. The van der Waals surface area contributed by atoms with Crippen LogP contribution in [0.4, 0.5) is 0 Å². The smallest absolute Gasteiger partial charge is 0.348 e. The summed E-state index contributed by atoms with van der Waals surface area (Å²) >= 11 is 0. The quantitative estimate of drug-likeness (QED) is 0.747. The molecule has 0 aromatic heterocycles. The SMILES string of the molecule is COC(=O)[C@@H](CNC(=O)[C@@](C)(O)c1ccccc1)Oc1ccccc1. The molecule has 0 saturated heterocycles. The summed E-state index contributed by atoms with van der Waals surface area (Å²) < 4.78 is 10.3. The van der Waals surface area contributed by atoms with Crippen LogP contribution >= 0.6 is 0 Å². The number of amides is 1. The summed E-state index contributed by atoms with van der Waals surface area (Å²) in [4.78, 5) is 24.3. The minimum Gasteiger partial charge on any atom is -0.477 e. The Kier molecular flexibility index (Phi) is 6.14. The molecule has 0 saturated carbocycles. The number of aliphatic hydroxyl groups is 1. The first-order valence-electron chi connectivity index (χ1n) is 7.81. The maximum Gasteiger partial charge on any atom is 0.348 e. The third-order valence-corrected chi connectivity index (χ3v) is 3.71. The van der Waals surface area contributed by atoms with Crippen molar-refractivity contribution in [3.63, 3.8) is 0 Å². The molecule has 1 amide bonds. The highest BCUT2D eigenvalue weighted by molar-refractivity contribution is 5.86. The number of para-hydroxylation sites is 1. The lowest BCUT2D eigenvalue weighted by Gasteiger charge is -2.24. The van der Waals surface area contributed by atoms with Crippen LogP contribution in [0.3, 0.4) is 0 Å². The van der Waals surface area contributed by atoms with Gasteiger partial charge in [-0.25, -0.2) is 4.79 Å². The molecule has 25 heavy (non-hydrogen) atoms. The van der Waals surface area contributed by atoms with Crippen LogP contribution in [0.5, 0.6) is 5.75 Å². The van der Waals surface area contributed by atoms with E-state index in [0.717, 1.165) is 0 Å². The van der Waals surface area contributed by atoms with Crippen LogP contribution in [0.1, 0.15) is 12.5 Å². The molecule has 2 rings (SSSR count). The molecule has 2 aromatic rings. The fourth-order valence-corrected chi connectivity index (χ4v) is 2.22. The van der Waals surface area contributed by atoms with E-state index in [0.29, 0.717) is 11.3 Å². The van der Waals surface area contributed by atoms with E-state index in [2.05, 4.69) is 5.32 Å². The number of carbonyl (C=O) groups excluding carboxylic acids is 2. The number of rotatable bonds is 7. The summed E-state index contributed by atoms with van der Waals surface area (Å²) in [5.74, 6) is -0.783. The second-order valence-electron chi connectivity index (χ2n) is 5.59. The molecule has 2 aromatic carbocycles. The molecule has 0 fully saturated rings. The van der Waals surface area contributed by atoms with Crippen LogP contribution in [0.15, 0.2) is 60.7 Å². The van der Waals surface area contributed by atoms with E-state index in [1.807, 2.05) is 6.07 Å². The molecule has 0 aliphatic carbocycles. The van der Waals surface area contributed by atoms with Gasteiger partial charge < -0.3 is 19.9 Å². The molecular weight excluding hydrogens is 322 g/mol. The van der Waals surface area contributed by atoms with Gasteiger partial charge in [-0.1, -0.05) is 48.5 Å². The summed E-state index contributed by atoms with van der Waals surface area (Å²) in [6.07, 6.45) is -1.03. The maximum absolute atomic E-state index is 12.4. The molecule has 2 N–H and O–H groups in total. The summed E-state index contributed by atoms with van der Waals surface area (Å²) in [5.41, 5.74) is -1.28. The van der Waals surface area contributed by atoms with Crippen molar-refractivity contribution in [1.29, 1.82) is 0 Å². The first-order valence-corrected chi connectivity index (χ1v) is 7.81. The standard InChI is InChI=1S/C19H21NO5/c1-19(23,14-9-5-3-6-10-14)18(22)20-13-16(17(21)24-2)25-15-11-7-4-8-12-15/h3-12,16,23H,13H2,1-2H3,(H,20,22)/t16-,19+/m1/s1. The van der Waals surface area contributed by atoms with Crippen molar-refractivity contribution >= 4 is 11.9 Å². The number of benzene rings is 2. The van der Waals surface area contributed by atoms with Gasteiger partial charge in [-0.05, 0) is 24.6 Å². The zero-order valence-electron chi connectivity index (χ0n) is 14.1. The lowest BCUT2D eigenvalue weighted by Crippen LogP contribution is -2.47. The highest BCUT2D eigenvalue weighted by atomic mass is 16.6. The van der Waals surface area contributed by atoms with Gasteiger partial charge in [0.1, 0.15) is 5.75 Å². The van der Waals surface area contributed by atoms with E-state index in [1.165, 1.54) is 14.0 Å². The highest BCUT2D eigenvalue weighted by Gasteiger charge is 2.33. The summed E-state index contributed by atoms with van der Waals surface area (Å²) in [6.45, 7) is 1.26. The average Bonchev–Trinajstić information content (AvgIpc) is 2.65. The molecule has 0 bridgehead atoms. The fourth-order valence-electron chi connectivity index (χ4n) is 2.22. The topological polar surface area (TPSA) is 84.9 Å². The van der Waals surface area contributed by atoms with Gasteiger partial charge in [0.25, 0.3) is 5.91 Å². The Morgan fingerprint density at radius 3 is 2.20 bits per heavy atom. The van der Waals surface area contributed by atoms with Crippen LogP contribution < -0.4 is 10.1 Å². The highest BCUT2D eigenvalue weighted by Crippen LogP contribution is 2.20. The Labute approximate surface area is 146 Å². The van der Waals surface area contributed by atoms with Crippen molar-refractivity contribution < 1.29 is 24.2 Å². The minimum absolute atomic E-state index is 0.136. The van der Waals surface area contributed by atoms with Crippen LogP contribution in [0, 0.1) is 0 Å². The molecule has 0 heterocycles. The summed E-state index contributed by atoms with van der Waals surface area (Å²) in [5, 5.41) is 13.0. The number of esters is 1. The molecular formula is C19H21NO5. The van der Waals surface area contributed by atoms with Gasteiger partial charge in [0, 0.05) is 0 Å². The van der Waals surface area contributed by atoms with Crippen molar-refractivity contribution in [2.24, 2.45) is 0 Å². The first kappa shape index (κ1) is 18.5. The Hall–Kier alpha value is -2.86. The van der Waals surface area contributed by atoms with Gasteiger partial charge in [-0.3, -0.25) is 4.79 Å². The second-order valence-corrected chi connectivity index (χ2v) is 5.59. The van der Waals surface area contributed by atoms with Crippen LogP contribution in [-0.4, -0.2) is 36.7 Å². The Morgan fingerprint density at radius 1 is 1.08 bits per heavy atom. The predicted octanol–water partition coefficient (Wildman–Crippen LogP) is 1.63. The van der Waals surface area contributed by atoms with Gasteiger partial charge in [-0.15, -0.1) is 0 Å². The van der Waals surface area contributed by atoms with Gasteiger partial charge in [0.2, 0.25) is 6.10 Å². The number of nitrogens with one attached hydrogen (secondary N) is 1. The molecule has 2 atom stereocenters. The van der Waals surface area contributed by atoms with Crippen LogP contribution in [0.2, 0.25) is 0 Å². The average molecular weight is 343 g/mol. The van der Waals surface area contributed by atoms with E-state index in [4.69, 9.17) is 9.47 Å². The summed E-state index contributed by atoms with van der Waals surface area (Å²) in [6, 6.07) is 17.3. The fraction of sp³-hybridized carbons (Fsp3) is 0.263. The zero-order valence-corrected chi connectivity index (χ0v) is 14.1. The molecule has 6 nitrogen and oxygen atoms in total. The number of hydrogen-bond donors (Lipinski definition) is 2. The Morgan fingerprint density at radius 2 is 1.64 bits per heavy atom. The van der Waals surface area contributed by atoms with E-state index in [9.17, 15) is 14.7 Å². The molecule has 132 valence electrons. The normalized spacial score (nSPS) is 14.0. The third kappa shape index (κ3) is 4.81. The van der Waals surface area contributed by atoms with Crippen molar-refractivity contribution in [3.05, 3.63) is 66.2 Å². The van der Waals surface area contributed by atoms with Crippen molar-refractivity contribution in [2.75, 3.05) is 13.7 Å². The van der Waals surface area contributed by atoms with E-state index < -0.39 is 23.6 Å². The Balaban J connectivity index is 2.04. The molecule has 0 unspecified atom stereocenters. The van der Waals surface area contributed by atoms with Gasteiger partial charge in [0.05, 0.1) is 13.7 Å². The van der Waals surface area contributed by atoms with E-state index in [1.54, 1.807) is 54.6 Å². The number of methoxy groups -OCH3 is 1. The number of hydrogen-bond acceptors (Lipinski definition) is 5. The minimum atomic E-state index is -1.73. The number of carbonyl (C=O) groups is 2. The second kappa shape index (κ2) is 8.30. The van der Waals surface area contributed by atoms with Gasteiger partial charge in [0.15, 0.2) is 5.60 Å². The van der Waals surface area contributed by atoms with Crippen LogP contribution in [0.25, 0.3) is 0 Å². The van der Waals surface area contributed by atoms with Crippen molar-refractivity contribution in [1.82, 2.24) is 5.32 Å². The molecule has 0 aliphatic heterocycles. The van der Waals surface area contributed by atoms with Crippen molar-refractivity contribution in [2.45, 2.75) is 18.6 Å². The zero-order chi connectivity index (χ0) is 18.3. The van der Waals surface area contributed by atoms with Gasteiger partial charge in [-0.2, -0.15) is 0 Å². The molecule has 6 heteroatoms. The van der Waals surface area contributed by atoms with Gasteiger partial charge >= 0.3 is 5.97 Å². The lowest BCUT2D eigenvalue weighted by molar-refractivity contribution is -0.149.